The average Bonchev–Trinajstić information content (AvgIpc) is 2.87. The molecule has 0 radical (unpaired) electrons. The maximum absolute atomic E-state index is 12.9. The van der Waals surface area contributed by atoms with Crippen molar-refractivity contribution in [3.8, 4) is 11.3 Å². The predicted octanol–water partition coefficient (Wildman–Crippen LogP) is 2.90. The van der Waals surface area contributed by atoms with Crippen molar-refractivity contribution in [2.45, 2.75) is 20.4 Å². The van der Waals surface area contributed by atoms with Gasteiger partial charge >= 0.3 is 0 Å². The zero-order valence-corrected chi connectivity index (χ0v) is 12.8. The number of halogens is 1. The predicted molar refractivity (Wildman–Crippen MR) is 81.1 cm³/mol. The molecule has 1 aromatic carbocycles. The first-order valence-electron chi connectivity index (χ1n) is 6.99. The third-order valence-corrected chi connectivity index (χ3v) is 3.34. The Kier molecular flexibility index (Phi) is 4.75. The molecule has 0 aliphatic rings. The van der Waals surface area contributed by atoms with Gasteiger partial charge in [-0.2, -0.15) is 0 Å². The minimum atomic E-state index is -0.262. The summed E-state index contributed by atoms with van der Waals surface area (Å²) < 4.78 is 18.6. The van der Waals surface area contributed by atoms with E-state index in [1.54, 1.807) is 18.3 Å². The second-order valence-electron chi connectivity index (χ2n) is 6.17. The van der Waals surface area contributed by atoms with Gasteiger partial charge in [-0.15, -0.1) is 0 Å². The number of hydrogen-bond acceptors (Lipinski definition) is 4. The Labute approximate surface area is 124 Å². The Morgan fingerprint density at radius 1 is 1.29 bits per heavy atom. The molecule has 0 atom stereocenters. The number of oxazole rings is 1. The van der Waals surface area contributed by atoms with Gasteiger partial charge in [0.1, 0.15) is 5.82 Å². The number of aromatic nitrogens is 1. The largest absolute Gasteiger partial charge is 0.439 e. The smallest absolute Gasteiger partial charge is 0.209 e. The van der Waals surface area contributed by atoms with Gasteiger partial charge in [0.2, 0.25) is 5.89 Å². The molecule has 2 rings (SSSR count). The van der Waals surface area contributed by atoms with E-state index in [0.29, 0.717) is 24.7 Å². The summed E-state index contributed by atoms with van der Waals surface area (Å²) in [6, 6.07) is 6.18. The highest BCUT2D eigenvalue weighted by Crippen LogP contribution is 2.22. The van der Waals surface area contributed by atoms with Crippen LogP contribution in [0.25, 0.3) is 11.3 Å². The minimum absolute atomic E-state index is 0.0567. The highest BCUT2D eigenvalue weighted by atomic mass is 19.1. The summed E-state index contributed by atoms with van der Waals surface area (Å²) in [6.45, 7) is 6.36. The summed E-state index contributed by atoms with van der Waals surface area (Å²) >= 11 is 0. The van der Waals surface area contributed by atoms with Crippen LogP contribution in [0.15, 0.2) is 34.9 Å². The second kappa shape index (κ2) is 6.37. The van der Waals surface area contributed by atoms with Gasteiger partial charge in [0.25, 0.3) is 0 Å². The van der Waals surface area contributed by atoms with Crippen molar-refractivity contribution in [3.63, 3.8) is 0 Å². The Morgan fingerprint density at radius 3 is 2.57 bits per heavy atom. The van der Waals surface area contributed by atoms with Gasteiger partial charge in [-0.25, -0.2) is 9.37 Å². The fraction of sp³-hybridized carbons (Fsp3) is 0.438. The van der Waals surface area contributed by atoms with E-state index in [0.717, 1.165) is 12.1 Å². The number of rotatable bonds is 6. The molecule has 1 heterocycles. The summed E-state index contributed by atoms with van der Waals surface area (Å²) in [5.41, 5.74) is 6.62. The molecule has 0 spiro atoms. The molecule has 4 nitrogen and oxygen atoms in total. The van der Waals surface area contributed by atoms with Crippen LogP contribution in [-0.4, -0.2) is 30.0 Å². The first kappa shape index (κ1) is 15.7. The van der Waals surface area contributed by atoms with Crippen molar-refractivity contribution in [2.75, 3.05) is 20.1 Å². The van der Waals surface area contributed by atoms with E-state index >= 15 is 0 Å². The fourth-order valence-electron chi connectivity index (χ4n) is 2.21. The highest BCUT2D eigenvalue weighted by molar-refractivity contribution is 5.55. The third-order valence-electron chi connectivity index (χ3n) is 3.34. The van der Waals surface area contributed by atoms with E-state index in [1.165, 1.54) is 12.1 Å². The van der Waals surface area contributed by atoms with Gasteiger partial charge in [-0.1, -0.05) is 13.8 Å². The van der Waals surface area contributed by atoms with Gasteiger partial charge in [0.15, 0.2) is 5.76 Å². The Morgan fingerprint density at radius 2 is 1.95 bits per heavy atom. The zero-order valence-electron chi connectivity index (χ0n) is 12.8. The van der Waals surface area contributed by atoms with Crippen LogP contribution in [0.5, 0.6) is 0 Å². The molecule has 0 aliphatic carbocycles. The van der Waals surface area contributed by atoms with Crippen LogP contribution in [0.4, 0.5) is 4.39 Å². The van der Waals surface area contributed by atoms with E-state index in [2.05, 4.69) is 23.7 Å². The molecule has 114 valence electrons. The first-order chi connectivity index (χ1) is 9.89. The lowest BCUT2D eigenvalue weighted by Crippen LogP contribution is -2.36. The van der Waals surface area contributed by atoms with E-state index in [1.807, 2.05) is 7.05 Å². The molecule has 1 aromatic heterocycles. The lowest BCUT2D eigenvalue weighted by Gasteiger charge is -2.28. The molecule has 5 heteroatoms. The normalized spacial score (nSPS) is 12.1. The second-order valence-corrected chi connectivity index (χ2v) is 6.17. The fourth-order valence-corrected chi connectivity index (χ4v) is 2.21. The van der Waals surface area contributed by atoms with Gasteiger partial charge in [0, 0.05) is 12.1 Å². The molecule has 0 amide bonds. The molecule has 0 saturated carbocycles. The van der Waals surface area contributed by atoms with Gasteiger partial charge in [-0.05, 0) is 43.3 Å². The number of hydrogen-bond donors (Lipinski definition) is 1. The highest BCUT2D eigenvalue weighted by Gasteiger charge is 2.19. The van der Waals surface area contributed by atoms with Crippen LogP contribution < -0.4 is 5.73 Å². The van der Waals surface area contributed by atoms with Crippen LogP contribution in [-0.2, 0) is 6.54 Å². The molecule has 2 aromatic rings. The quantitative estimate of drug-likeness (QED) is 0.889. The van der Waals surface area contributed by atoms with E-state index in [4.69, 9.17) is 10.2 Å². The van der Waals surface area contributed by atoms with Crippen molar-refractivity contribution in [3.05, 3.63) is 42.2 Å². The monoisotopic (exact) mass is 291 g/mol. The molecule has 0 aliphatic heterocycles. The van der Waals surface area contributed by atoms with Crippen molar-refractivity contribution in [2.24, 2.45) is 11.1 Å². The van der Waals surface area contributed by atoms with E-state index in [9.17, 15) is 4.39 Å². The van der Waals surface area contributed by atoms with E-state index < -0.39 is 0 Å². The molecule has 0 unspecified atom stereocenters. The average molecular weight is 291 g/mol. The molecule has 0 bridgehead atoms. The van der Waals surface area contributed by atoms with Crippen molar-refractivity contribution in [1.29, 1.82) is 0 Å². The Bertz CT molecular complexity index is 577. The SMILES string of the molecule is CN(Cc1ncc(-c2ccc(F)cc2)o1)CC(C)(C)CN. The van der Waals surface area contributed by atoms with Crippen LogP contribution >= 0.6 is 0 Å². The van der Waals surface area contributed by atoms with Crippen LogP contribution in [0.2, 0.25) is 0 Å². The molecular weight excluding hydrogens is 269 g/mol. The zero-order chi connectivity index (χ0) is 15.5. The Balaban J connectivity index is 2.01. The summed E-state index contributed by atoms with van der Waals surface area (Å²) in [5, 5.41) is 0. The summed E-state index contributed by atoms with van der Waals surface area (Å²) in [4.78, 5) is 6.41. The molecule has 0 saturated heterocycles. The van der Waals surface area contributed by atoms with Crippen LogP contribution in [0.1, 0.15) is 19.7 Å². The lowest BCUT2D eigenvalue weighted by atomic mass is 9.93. The topological polar surface area (TPSA) is 55.3 Å². The van der Waals surface area contributed by atoms with Gasteiger partial charge < -0.3 is 10.2 Å². The molecular formula is C16H22FN3O. The van der Waals surface area contributed by atoms with Crippen molar-refractivity contribution >= 4 is 0 Å². The van der Waals surface area contributed by atoms with Crippen molar-refractivity contribution in [1.82, 2.24) is 9.88 Å². The maximum atomic E-state index is 12.9. The van der Waals surface area contributed by atoms with E-state index in [-0.39, 0.29) is 11.2 Å². The summed E-state index contributed by atoms with van der Waals surface area (Å²) in [6.07, 6.45) is 1.67. The molecule has 21 heavy (non-hydrogen) atoms. The standard InChI is InChI=1S/C16H22FN3O/c1-16(2,10-18)11-20(3)9-15-19-8-14(21-15)12-4-6-13(17)7-5-12/h4-8H,9-11,18H2,1-3H3. The first-order valence-corrected chi connectivity index (χ1v) is 6.99. The van der Waals surface area contributed by atoms with Crippen LogP contribution in [0, 0.1) is 11.2 Å². The van der Waals surface area contributed by atoms with Gasteiger partial charge in [-0.3, -0.25) is 4.90 Å². The Hall–Kier alpha value is -1.72. The summed E-state index contributed by atoms with van der Waals surface area (Å²) in [5.74, 6) is 1.03. The van der Waals surface area contributed by atoms with Crippen molar-refractivity contribution < 1.29 is 8.81 Å². The van der Waals surface area contributed by atoms with Gasteiger partial charge in [0.05, 0.1) is 12.7 Å². The number of nitrogens with two attached hydrogens (primary N) is 1. The lowest BCUT2D eigenvalue weighted by molar-refractivity contribution is 0.196. The minimum Gasteiger partial charge on any atom is -0.439 e. The third kappa shape index (κ3) is 4.37. The van der Waals surface area contributed by atoms with Crippen LogP contribution in [0.3, 0.4) is 0 Å². The summed E-state index contributed by atoms with van der Waals surface area (Å²) in [7, 11) is 2.01. The number of benzene rings is 1. The molecule has 0 fully saturated rings. The maximum Gasteiger partial charge on any atom is 0.209 e. The number of nitrogens with zero attached hydrogens (tertiary/aromatic N) is 2. The molecule has 2 N–H and O–H groups in total.